The molecule has 5 aromatic rings. The van der Waals surface area contributed by atoms with E-state index < -0.39 is 0 Å². The van der Waals surface area contributed by atoms with Crippen molar-refractivity contribution in [3.8, 4) is 0 Å². The standard InChI is InChI=1S/C24H23ClN8O/c1-30(12-15-10-27-31(2)13-15)23-18-6-3-16(25)9-19(18)28-22(29-23)14-32-21-11-26-8-7-20(21)33(24(32)34)17-4-5-17/h3,6-11,13,17H,4-5,12,14H2,1-2H3. The number of nitrogens with zero attached hydrogens (tertiary/aromatic N) is 8. The van der Waals surface area contributed by atoms with E-state index >= 15 is 0 Å². The Morgan fingerprint density at radius 3 is 2.76 bits per heavy atom. The van der Waals surface area contributed by atoms with Gasteiger partial charge in [0, 0.05) is 55.0 Å². The number of benzene rings is 1. The summed E-state index contributed by atoms with van der Waals surface area (Å²) >= 11 is 6.29. The van der Waals surface area contributed by atoms with Crippen molar-refractivity contribution in [3.63, 3.8) is 0 Å². The largest absolute Gasteiger partial charge is 0.355 e. The highest BCUT2D eigenvalue weighted by atomic mass is 35.5. The second kappa shape index (κ2) is 7.95. The summed E-state index contributed by atoms with van der Waals surface area (Å²) in [6, 6.07) is 7.77. The van der Waals surface area contributed by atoms with Crippen molar-refractivity contribution >= 4 is 39.4 Å². The maximum absolute atomic E-state index is 13.4. The van der Waals surface area contributed by atoms with Crippen LogP contribution in [-0.2, 0) is 20.1 Å². The van der Waals surface area contributed by atoms with Gasteiger partial charge in [-0.2, -0.15) is 5.10 Å². The van der Waals surface area contributed by atoms with Crippen molar-refractivity contribution in [2.24, 2.45) is 7.05 Å². The number of aromatic nitrogens is 7. The van der Waals surface area contributed by atoms with Gasteiger partial charge in [0.05, 0.1) is 35.5 Å². The maximum Gasteiger partial charge on any atom is 0.329 e. The number of hydrogen-bond acceptors (Lipinski definition) is 6. The normalized spacial score (nSPS) is 13.7. The zero-order valence-electron chi connectivity index (χ0n) is 18.9. The smallest absolute Gasteiger partial charge is 0.329 e. The molecular weight excluding hydrogens is 452 g/mol. The molecule has 4 heterocycles. The lowest BCUT2D eigenvalue weighted by molar-refractivity contribution is 0.658. The first kappa shape index (κ1) is 20.9. The highest BCUT2D eigenvalue weighted by Crippen LogP contribution is 2.36. The minimum Gasteiger partial charge on any atom is -0.355 e. The Hall–Kier alpha value is -3.72. The van der Waals surface area contributed by atoms with Gasteiger partial charge in [-0.3, -0.25) is 18.8 Å². The summed E-state index contributed by atoms with van der Waals surface area (Å²) in [7, 11) is 3.89. The monoisotopic (exact) mass is 474 g/mol. The highest BCUT2D eigenvalue weighted by Gasteiger charge is 2.29. The second-order valence-corrected chi connectivity index (χ2v) is 9.27. The molecule has 0 aliphatic heterocycles. The van der Waals surface area contributed by atoms with E-state index in [4.69, 9.17) is 21.6 Å². The predicted octanol–water partition coefficient (Wildman–Crippen LogP) is 3.55. The third-order valence-corrected chi connectivity index (χ3v) is 6.44. The lowest BCUT2D eigenvalue weighted by atomic mass is 10.2. The Kier molecular flexibility index (Phi) is 4.88. The number of imidazole rings is 1. The molecule has 0 spiro atoms. The summed E-state index contributed by atoms with van der Waals surface area (Å²) in [6.45, 7) is 0.879. The van der Waals surface area contributed by atoms with E-state index in [1.807, 2.05) is 55.3 Å². The molecule has 10 heteroatoms. The summed E-state index contributed by atoms with van der Waals surface area (Å²) in [5, 5.41) is 5.76. The van der Waals surface area contributed by atoms with E-state index in [0.717, 1.165) is 46.2 Å². The quantitative estimate of drug-likeness (QED) is 0.374. The van der Waals surface area contributed by atoms with Crippen molar-refractivity contribution in [1.29, 1.82) is 0 Å². The molecule has 1 aliphatic rings. The molecule has 0 unspecified atom stereocenters. The van der Waals surface area contributed by atoms with E-state index in [1.54, 1.807) is 21.6 Å². The SMILES string of the molecule is CN(Cc1cnn(C)c1)c1nc(Cn2c(=O)n(C3CC3)c3ccncc32)nc2cc(Cl)ccc12. The van der Waals surface area contributed by atoms with Crippen LogP contribution in [0.3, 0.4) is 0 Å². The van der Waals surface area contributed by atoms with E-state index in [0.29, 0.717) is 17.4 Å². The first-order valence-electron chi connectivity index (χ1n) is 11.2. The van der Waals surface area contributed by atoms with Gasteiger partial charge in [-0.25, -0.2) is 14.8 Å². The zero-order chi connectivity index (χ0) is 23.4. The van der Waals surface area contributed by atoms with Gasteiger partial charge in [0.25, 0.3) is 0 Å². The van der Waals surface area contributed by atoms with Crippen molar-refractivity contribution in [2.45, 2.75) is 32.0 Å². The Balaban J connectivity index is 1.46. The maximum atomic E-state index is 13.4. The predicted molar refractivity (Wildman–Crippen MR) is 131 cm³/mol. The molecule has 4 aromatic heterocycles. The minimum absolute atomic E-state index is 0.0504. The van der Waals surface area contributed by atoms with Crippen LogP contribution in [0.15, 0.2) is 53.8 Å². The fraction of sp³-hybridized carbons (Fsp3) is 0.292. The summed E-state index contributed by atoms with van der Waals surface area (Å²) in [4.78, 5) is 29.4. The summed E-state index contributed by atoms with van der Waals surface area (Å²) < 4.78 is 5.38. The van der Waals surface area contributed by atoms with Crippen LogP contribution in [0.4, 0.5) is 5.82 Å². The molecule has 6 rings (SSSR count). The van der Waals surface area contributed by atoms with E-state index in [1.165, 1.54) is 0 Å². The molecule has 1 saturated carbocycles. The lowest BCUT2D eigenvalue weighted by Crippen LogP contribution is -2.25. The number of anilines is 1. The second-order valence-electron chi connectivity index (χ2n) is 8.84. The van der Waals surface area contributed by atoms with Gasteiger partial charge in [-0.1, -0.05) is 11.6 Å². The number of fused-ring (bicyclic) bond motifs is 2. The van der Waals surface area contributed by atoms with E-state index in [-0.39, 0.29) is 18.3 Å². The molecule has 1 aromatic carbocycles. The molecular formula is C24H23ClN8O. The molecule has 1 fully saturated rings. The third kappa shape index (κ3) is 3.62. The number of aryl methyl sites for hydroxylation is 1. The van der Waals surface area contributed by atoms with Crippen LogP contribution in [0.5, 0.6) is 0 Å². The molecule has 1 aliphatic carbocycles. The van der Waals surface area contributed by atoms with Gasteiger partial charge in [-0.15, -0.1) is 0 Å². The molecule has 0 saturated heterocycles. The summed E-state index contributed by atoms with van der Waals surface area (Å²) in [5.41, 5.74) is 3.45. The van der Waals surface area contributed by atoms with Gasteiger partial charge in [-0.05, 0) is 37.1 Å². The summed E-state index contributed by atoms with van der Waals surface area (Å²) in [6.07, 6.45) is 9.34. The molecule has 9 nitrogen and oxygen atoms in total. The van der Waals surface area contributed by atoms with Crippen molar-refractivity contribution in [3.05, 3.63) is 75.9 Å². The first-order valence-corrected chi connectivity index (χ1v) is 11.6. The number of rotatable bonds is 6. The molecule has 0 radical (unpaired) electrons. The first-order chi connectivity index (χ1) is 16.5. The number of halogens is 1. The Labute approximate surface area is 200 Å². The van der Waals surface area contributed by atoms with Gasteiger partial charge >= 0.3 is 5.69 Å². The summed E-state index contributed by atoms with van der Waals surface area (Å²) in [5.74, 6) is 1.32. The van der Waals surface area contributed by atoms with Crippen LogP contribution in [-0.4, -0.2) is 40.9 Å². The number of pyridine rings is 1. The Morgan fingerprint density at radius 1 is 1.15 bits per heavy atom. The number of hydrogen-bond donors (Lipinski definition) is 0. The third-order valence-electron chi connectivity index (χ3n) is 6.20. The van der Waals surface area contributed by atoms with Gasteiger partial charge in [0.2, 0.25) is 0 Å². The van der Waals surface area contributed by atoms with Crippen LogP contribution in [0.25, 0.3) is 21.9 Å². The fourth-order valence-electron chi connectivity index (χ4n) is 4.50. The average Bonchev–Trinajstić information content (AvgIpc) is 3.51. The van der Waals surface area contributed by atoms with Gasteiger partial charge in [0.1, 0.15) is 5.82 Å². The van der Waals surface area contributed by atoms with Crippen molar-refractivity contribution < 1.29 is 0 Å². The van der Waals surface area contributed by atoms with Crippen molar-refractivity contribution in [2.75, 3.05) is 11.9 Å². The molecule has 172 valence electrons. The fourth-order valence-corrected chi connectivity index (χ4v) is 4.67. The molecule has 34 heavy (non-hydrogen) atoms. The highest BCUT2D eigenvalue weighted by molar-refractivity contribution is 6.31. The van der Waals surface area contributed by atoms with Crippen LogP contribution in [0.1, 0.15) is 30.3 Å². The van der Waals surface area contributed by atoms with Gasteiger partial charge < -0.3 is 4.90 Å². The lowest BCUT2D eigenvalue weighted by Gasteiger charge is -2.20. The van der Waals surface area contributed by atoms with Crippen LogP contribution < -0.4 is 10.6 Å². The van der Waals surface area contributed by atoms with Crippen LogP contribution in [0, 0.1) is 0 Å². The average molecular weight is 475 g/mol. The topological polar surface area (TPSA) is 86.7 Å². The molecule has 0 atom stereocenters. The molecule has 0 N–H and O–H groups in total. The van der Waals surface area contributed by atoms with Crippen LogP contribution in [0.2, 0.25) is 5.02 Å². The Bertz CT molecular complexity index is 1600. The van der Waals surface area contributed by atoms with Crippen molar-refractivity contribution in [1.82, 2.24) is 33.9 Å². The van der Waals surface area contributed by atoms with E-state index in [9.17, 15) is 4.79 Å². The Morgan fingerprint density at radius 2 is 2.00 bits per heavy atom. The zero-order valence-corrected chi connectivity index (χ0v) is 19.6. The van der Waals surface area contributed by atoms with Crippen LogP contribution >= 0.6 is 11.6 Å². The van der Waals surface area contributed by atoms with Gasteiger partial charge in [0.15, 0.2) is 5.82 Å². The van der Waals surface area contributed by atoms with E-state index in [2.05, 4.69) is 15.0 Å². The molecule has 0 amide bonds. The molecule has 0 bridgehead atoms. The minimum atomic E-state index is -0.0504.